The first-order chi connectivity index (χ1) is 6.24. The van der Waals surface area contributed by atoms with Crippen molar-refractivity contribution < 1.29 is 0 Å². The number of hydrogen-bond acceptors (Lipinski definition) is 4. The van der Waals surface area contributed by atoms with Gasteiger partial charge in [-0.05, 0) is 6.92 Å². The van der Waals surface area contributed by atoms with E-state index in [-0.39, 0.29) is 5.69 Å². The first-order valence-corrected chi connectivity index (χ1v) is 3.93. The standard InChI is InChI=1S/C7H9N5O/c1-2-12-6-4(11-7(12)13)5(8)9-3-10-6/h3H,2H2,1H3,(H,11,13)(H2,8,9,10). The van der Waals surface area contributed by atoms with Crippen LogP contribution < -0.4 is 11.4 Å². The molecule has 2 rings (SSSR count). The zero-order valence-electron chi connectivity index (χ0n) is 7.11. The van der Waals surface area contributed by atoms with Crippen molar-refractivity contribution in [3.8, 4) is 0 Å². The lowest BCUT2D eigenvalue weighted by molar-refractivity contribution is 0.745. The number of aromatic amines is 1. The molecule has 3 N–H and O–H groups in total. The predicted molar refractivity (Wildman–Crippen MR) is 48.2 cm³/mol. The van der Waals surface area contributed by atoms with Gasteiger partial charge in [-0.1, -0.05) is 0 Å². The second kappa shape index (κ2) is 2.58. The van der Waals surface area contributed by atoms with Gasteiger partial charge in [0.15, 0.2) is 11.5 Å². The van der Waals surface area contributed by atoms with Gasteiger partial charge in [0.05, 0.1) is 0 Å². The van der Waals surface area contributed by atoms with Gasteiger partial charge in [0.25, 0.3) is 0 Å². The van der Waals surface area contributed by atoms with Gasteiger partial charge in [0.2, 0.25) is 0 Å². The number of anilines is 1. The van der Waals surface area contributed by atoms with Crippen LogP contribution in [0.3, 0.4) is 0 Å². The summed E-state index contributed by atoms with van der Waals surface area (Å²) in [6, 6.07) is 0. The topological polar surface area (TPSA) is 89.6 Å². The van der Waals surface area contributed by atoms with E-state index in [1.54, 1.807) is 0 Å². The number of hydrogen-bond donors (Lipinski definition) is 2. The maximum Gasteiger partial charge on any atom is 0.327 e. The van der Waals surface area contributed by atoms with E-state index in [9.17, 15) is 4.79 Å². The molecule has 0 bridgehead atoms. The smallest absolute Gasteiger partial charge is 0.327 e. The van der Waals surface area contributed by atoms with Gasteiger partial charge in [-0.2, -0.15) is 0 Å². The third-order valence-corrected chi connectivity index (χ3v) is 1.91. The van der Waals surface area contributed by atoms with Crippen molar-refractivity contribution in [3.63, 3.8) is 0 Å². The van der Waals surface area contributed by atoms with Crippen molar-refractivity contribution in [2.24, 2.45) is 0 Å². The van der Waals surface area contributed by atoms with Crippen LogP contribution in [0.5, 0.6) is 0 Å². The maximum absolute atomic E-state index is 11.3. The van der Waals surface area contributed by atoms with E-state index in [4.69, 9.17) is 5.73 Å². The van der Waals surface area contributed by atoms with Gasteiger partial charge in [-0.15, -0.1) is 0 Å². The summed E-state index contributed by atoms with van der Waals surface area (Å²) in [6.45, 7) is 2.43. The third-order valence-electron chi connectivity index (χ3n) is 1.91. The molecule has 13 heavy (non-hydrogen) atoms. The highest BCUT2D eigenvalue weighted by atomic mass is 16.1. The average molecular weight is 179 g/mol. The van der Waals surface area contributed by atoms with E-state index in [1.807, 2.05) is 6.92 Å². The summed E-state index contributed by atoms with van der Waals surface area (Å²) in [5, 5.41) is 0. The summed E-state index contributed by atoms with van der Waals surface area (Å²) in [5.41, 5.74) is 6.42. The minimum atomic E-state index is -0.204. The van der Waals surface area contributed by atoms with Crippen molar-refractivity contribution in [2.45, 2.75) is 13.5 Å². The van der Waals surface area contributed by atoms with E-state index in [1.165, 1.54) is 10.9 Å². The minimum absolute atomic E-state index is 0.204. The molecular weight excluding hydrogens is 170 g/mol. The van der Waals surface area contributed by atoms with E-state index in [0.717, 1.165) is 0 Å². The highest BCUT2D eigenvalue weighted by Crippen LogP contribution is 2.10. The molecule has 0 saturated heterocycles. The Balaban J connectivity index is 2.94. The molecule has 0 aromatic carbocycles. The summed E-state index contributed by atoms with van der Waals surface area (Å²) in [7, 11) is 0. The second-order valence-electron chi connectivity index (χ2n) is 2.63. The Hall–Kier alpha value is -1.85. The Bertz CT molecular complexity index is 497. The lowest BCUT2D eigenvalue weighted by Crippen LogP contribution is -2.15. The number of nitrogens with one attached hydrogen (secondary N) is 1. The molecular formula is C7H9N5O. The predicted octanol–water partition coefficient (Wildman–Crippen LogP) is -0.278. The first kappa shape index (κ1) is 7.78. The molecule has 0 spiro atoms. The van der Waals surface area contributed by atoms with Crippen LogP contribution in [-0.4, -0.2) is 19.5 Å². The number of fused-ring (bicyclic) bond motifs is 1. The quantitative estimate of drug-likeness (QED) is 0.630. The number of nitrogens with two attached hydrogens (primary N) is 1. The van der Waals surface area contributed by atoms with Crippen LogP contribution in [0.2, 0.25) is 0 Å². The Kier molecular flexibility index (Phi) is 1.54. The summed E-state index contributed by atoms with van der Waals surface area (Å²) < 4.78 is 1.51. The molecule has 6 heteroatoms. The fourth-order valence-corrected chi connectivity index (χ4v) is 1.28. The third kappa shape index (κ3) is 0.986. The average Bonchev–Trinajstić information content (AvgIpc) is 2.43. The molecule has 0 saturated carbocycles. The molecule has 68 valence electrons. The highest BCUT2D eigenvalue weighted by molar-refractivity contribution is 5.80. The molecule has 0 aliphatic heterocycles. The van der Waals surface area contributed by atoms with Gasteiger partial charge >= 0.3 is 5.69 Å². The van der Waals surface area contributed by atoms with Crippen LogP contribution in [0.25, 0.3) is 11.2 Å². The maximum atomic E-state index is 11.3. The van der Waals surface area contributed by atoms with E-state index in [2.05, 4.69) is 15.0 Å². The van der Waals surface area contributed by atoms with Crippen molar-refractivity contribution in [1.29, 1.82) is 0 Å². The van der Waals surface area contributed by atoms with Crippen LogP contribution >= 0.6 is 0 Å². The van der Waals surface area contributed by atoms with E-state index < -0.39 is 0 Å². The van der Waals surface area contributed by atoms with Crippen molar-refractivity contribution in [2.75, 3.05) is 5.73 Å². The molecule has 0 aliphatic rings. The molecule has 2 aromatic rings. The number of imidazole rings is 1. The Morgan fingerprint density at radius 3 is 3.08 bits per heavy atom. The monoisotopic (exact) mass is 179 g/mol. The fourth-order valence-electron chi connectivity index (χ4n) is 1.28. The van der Waals surface area contributed by atoms with Gasteiger partial charge in [0.1, 0.15) is 11.8 Å². The number of nitrogens with zero attached hydrogens (tertiary/aromatic N) is 3. The molecule has 6 nitrogen and oxygen atoms in total. The Labute approximate surface area is 73.4 Å². The summed E-state index contributed by atoms with van der Waals surface area (Å²) in [5.74, 6) is 0.300. The van der Waals surface area contributed by atoms with Crippen molar-refractivity contribution in [3.05, 3.63) is 16.8 Å². The molecule has 0 radical (unpaired) electrons. The lowest BCUT2D eigenvalue weighted by Gasteiger charge is -1.96. The van der Waals surface area contributed by atoms with Crippen molar-refractivity contribution >= 4 is 17.0 Å². The largest absolute Gasteiger partial charge is 0.382 e. The van der Waals surface area contributed by atoms with E-state index in [0.29, 0.717) is 23.5 Å². The molecule has 0 amide bonds. The zero-order valence-corrected chi connectivity index (χ0v) is 7.11. The van der Waals surface area contributed by atoms with Gasteiger partial charge in [-0.3, -0.25) is 4.57 Å². The van der Waals surface area contributed by atoms with Crippen LogP contribution in [-0.2, 0) is 6.54 Å². The number of rotatable bonds is 1. The first-order valence-electron chi connectivity index (χ1n) is 3.93. The van der Waals surface area contributed by atoms with Crippen LogP contribution in [0.1, 0.15) is 6.92 Å². The summed E-state index contributed by atoms with van der Waals surface area (Å²) in [6.07, 6.45) is 1.34. The molecule has 2 aromatic heterocycles. The number of nitrogen functional groups attached to an aromatic ring is 1. The molecule has 2 heterocycles. The molecule has 0 fully saturated rings. The van der Waals surface area contributed by atoms with Gasteiger partial charge < -0.3 is 10.7 Å². The molecule has 0 unspecified atom stereocenters. The fraction of sp³-hybridized carbons (Fsp3) is 0.286. The Morgan fingerprint density at radius 1 is 1.62 bits per heavy atom. The van der Waals surface area contributed by atoms with Crippen LogP contribution in [0.4, 0.5) is 5.82 Å². The Morgan fingerprint density at radius 2 is 2.38 bits per heavy atom. The summed E-state index contributed by atoms with van der Waals surface area (Å²) >= 11 is 0. The zero-order chi connectivity index (χ0) is 9.42. The van der Waals surface area contributed by atoms with Gasteiger partial charge in [0, 0.05) is 6.54 Å². The number of aromatic nitrogens is 4. The molecule has 0 aliphatic carbocycles. The normalized spacial score (nSPS) is 10.8. The minimum Gasteiger partial charge on any atom is -0.382 e. The second-order valence-corrected chi connectivity index (χ2v) is 2.63. The summed E-state index contributed by atoms with van der Waals surface area (Å²) in [4.78, 5) is 21.7. The molecule has 0 atom stereocenters. The van der Waals surface area contributed by atoms with Crippen LogP contribution in [0, 0.1) is 0 Å². The van der Waals surface area contributed by atoms with Gasteiger partial charge in [-0.25, -0.2) is 14.8 Å². The van der Waals surface area contributed by atoms with E-state index >= 15 is 0 Å². The van der Waals surface area contributed by atoms with Crippen molar-refractivity contribution in [1.82, 2.24) is 19.5 Å². The number of aryl methyl sites for hydroxylation is 1. The highest BCUT2D eigenvalue weighted by Gasteiger charge is 2.08. The SMILES string of the molecule is CCn1c(=O)[nH]c2c(N)ncnc21. The number of H-pyrrole nitrogens is 1. The lowest BCUT2D eigenvalue weighted by atomic mass is 10.5. The van der Waals surface area contributed by atoms with Crippen LogP contribution in [0.15, 0.2) is 11.1 Å².